The average Bonchev–Trinajstić information content (AvgIpc) is 2.99. The molecule has 2 fully saturated rings. The van der Waals surface area contributed by atoms with Crippen LogP contribution in [0.2, 0.25) is 0 Å². The molecule has 1 aromatic rings. The zero-order chi connectivity index (χ0) is 15.5. The second kappa shape index (κ2) is 7.03. The van der Waals surface area contributed by atoms with Gasteiger partial charge in [-0.15, -0.1) is 11.8 Å². The van der Waals surface area contributed by atoms with Gasteiger partial charge in [0.25, 0.3) is 5.91 Å². The van der Waals surface area contributed by atoms with Crippen molar-refractivity contribution in [1.29, 1.82) is 0 Å². The van der Waals surface area contributed by atoms with Crippen LogP contribution in [-0.4, -0.2) is 34.1 Å². The molecule has 2 aliphatic rings. The second-order valence-corrected chi connectivity index (χ2v) is 8.33. The fraction of sp³-hybridized carbons (Fsp3) is 0.667. The number of amides is 1. The Morgan fingerprint density at radius 1 is 1.23 bits per heavy atom. The average molecular weight is 318 g/mol. The molecule has 3 rings (SSSR count). The summed E-state index contributed by atoms with van der Waals surface area (Å²) in [6.07, 6.45) is 8.18. The third-order valence-electron chi connectivity index (χ3n) is 4.74. The zero-order valence-corrected chi connectivity index (χ0v) is 14.4. The van der Waals surface area contributed by atoms with E-state index in [4.69, 9.17) is 0 Å². The fourth-order valence-electron chi connectivity index (χ4n) is 3.81. The summed E-state index contributed by atoms with van der Waals surface area (Å²) in [6.45, 7) is 6.25. The highest BCUT2D eigenvalue weighted by molar-refractivity contribution is 7.99. The summed E-state index contributed by atoms with van der Waals surface area (Å²) in [6, 6.07) is 3.85. The summed E-state index contributed by atoms with van der Waals surface area (Å²) in [7, 11) is 0. The number of pyridine rings is 1. The quantitative estimate of drug-likeness (QED) is 0.836. The van der Waals surface area contributed by atoms with Crippen LogP contribution in [-0.2, 0) is 0 Å². The lowest BCUT2D eigenvalue weighted by Gasteiger charge is -2.35. The van der Waals surface area contributed by atoms with E-state index in [0.29, 0.717) is 17.1 Å². The molecule has 0 aromatic carbocycles. The van der Waals surface area contributed by atoms with Crippen LogP contribution in [0.5, 0.6) is 0 Å². The monoisotopic (exact) mass is 318 g/mol. The first-order valence-electron chi connectivity index (χ1n) is 8.54. The van der Waals surface area contributed by atoms with E-state index in [2.05, 4.69) is 18.8 Å². The van der Waals surface area contributed by atoms with Gasteiger partial charge in [-0.05, 0) is 43.2 Å². The predicted molar refractivity (Wildman–Crippen MR) is 91.2 cm³/mol. The van der Waals surface area contributed by atoms with Gasteiger partial charge in [-0.25, -0.2) is 4.98 Å². The van der Waals surface area contributed by atoms with Crippen LogP contribution in [0.4, 0.5) is 0 Å². The van der Waals surface area contributed by atoms with E-state index in [1.807, 2.05) is 35.0 Å². The number of hydrogen-bond acceptors (Lipinski definition) is 3. The van der Waals surface area contributed by atoms with Crippen LogP contribution in [0, 0.1) is 11.8 Å². The van der Waals surface area contributed by atoms with E-state index in [9.17, 15) is 4.79 Å². The molecular weight excluding hydrogens is 292 g/mol. The van der Waals surface area contributed by atoms with E-state index >= 15 is 0 Å². The first kappa shape index (κ1) is 15.9. The summed E-state index contributed by atoms with van der Waals surface area (Å²) in [5.41, 5.74) is 0.806. The largest absolute Gasteiger partial charge is 0.338 e. The third kappa shape index (κ3) is 3.65. The van der Waals surface area contributed by atoms with Crippen LogP contribution in [0.3, 0.4) is 0 Å². The molecule has 2 unspecified atom stereocenters. The van der Waals surface area contributed by atoms with Gasteiger partial charge >= 0.3 is 0 Å². The summed E-state index contributed by atoms with van der Waals surface area (Å²) in [5, 5.41) is 1.57. The molecule has 1 saturated carbocycles. The van der Waals surface area contributed by atoms with Gasteiger partial charge in [0.1, 0.15) is 5.03 Å². The Morgan fingerprint density at radius 2 is 1.91 bits per heavy atom. The number of nitrogens with zero attached hydrogens (tertiary/aromatic N) is 2. The van der Waals surface area contributed by atoms with Crippen molar-refractivity contribution in [2.24, 2.45) is 11.8 Å². The van der Waals surface area contributed by atoms with Gasteiger partial charge in [0.2, 0.25) is 0 Å². The fourth-order valence-corrected chi connectivity index (χ4v) is 5.10. The molecule has 0 N–H and O–H groups in total. The molecule has 0 radical (unpaired) electrons. The van der Waals surface area contributed by atoms with Gasteiger partial charge in [-0.3, -0.25) is 4.79 Å². The number of piperidine rings is 1. The molecule has 4 heteroatoms. The van der Waals surface area contributed by atoms with Gasteiger partial charge in [0.05, 0.1) is 5.56 Å². The molecule has 1 aliphatic carbocycles. The van der Waals surface area contributed by atoms with E-state index in [1.54, 1.807) is 0 Å². The first-order valence-corrected chi connectivity index (χ1v) is 9.42. The van der Waals surface area contributed by atoms with Crippen molar-refractivity contribution >= 4 is 17.7 Å². The van der Waals surface area contributed by atoms with Crippen LogP contribution in [0.25, 0.3) is 0 Å². The topological polar surface area (TPSA) is 33.2 Å². The van der Waals surface area contributed by atoms with Crippen molar-refractivity contribution in [3.63, 3.8) is 0 Å². The maximum atomic E-state index is 13.0. The number of rotatable bonds is 3. The van der Waals surface area contributed by atoms with Crippen LogP contribution >= 0.6 is 11.8 Å². The maximum absolute atomic E-state index is 13.0. The lowest BCUT2D eigenvalue weighted by Crippen LogP contribution is -2.42. The Bertz CT molecular complexity index is 518. The molecule has 1 amide bonds. The normalized spacial score (nSPS) is 26.4. The number of aromatic nitrogens is 1. The van der Waals surface area contributed by atoms with E-state index in [0.717, 1.165) is 23.7 Å². The highest BCUT2D eigenvalue weighted by Crippen LogP contribution is 2.35. The van der Waals surface area contributed by atoms with Crippen molar-refractivity contribution in [3.8, 4) is 0 Å². The van der Waals surface area contributed by atoms with Gasteiger partial charge in [0, 0.05) is 24.5 Å². The standard InChI is InChI=1S/C18H26N2OS/c1-13-10-14(2)12-20(11-13)18(21)16-8-5-9-19-17(16)22-15-6-3-4-7-15/h5,8-9,13-15H,3-4,6-7,10-12H2,1-2H3. The van der Waals surface area contributed by atoms with Gasteiger partial charge in [-0.2, -0.15) is 0 Å². The van der Waals surface area contributed by atoms with E-state index in [1.165, 1.54) is 32.1 Å². The second-order valence-electron chi connectivity index (χ2n) is 7.04. The summed E-state index contributed by atoms with van der Waals surface area (Å²) in [4.78, 5) is 19.5. The molecule has 0 bridgehead atoms. The number of carbonyl (C=O) groups excluding carboxylic acids is 1. The van der Waals surface area contributed by atoms with E-state index < -0.39 is 0 Å². The van der Waals surface area contributed by atoms with Gasteiger partial charge < -0.3 is 4.90 Å². The van der Waals surface area contributed by atoms with Crippen molar-refractivity contribution in [2.75, 3.05) is 13.1 Å². The SMILES string of the molecule is CC1CC(C)CN(C(=O)c2cccnc2SC2CCCC2)C1. The molecule has 1 saturated heterocycles. The van der Waals surface area contributed by atoms with Crippen molar-refractivity contribution in [1.82, 2.24) is 9.88 Å². The minimum atomic E-state index is 0.173. The summed E-state index contributed by atoms with van der Waals surface area (Å²) < 4.78 is 0. The summed E-state index contributed by atoms with van der Waals surface area (Å²) >= 11 is 1.81. The molecular formula is C18H26N2OS. The Balaban J connectivity index is 1.76. The first-order chi connectivity index (χ1) is 10.6. The molecule has 1 aromatic heterocycles. The Kier molecular flexibility index (Phi) is 5.07. The minimum absolute atomic E-state index is 0.173. The highest BCUT2D eigenvalue weighted by atomic mass is 32.2. The molecule has 2 atom stereocenters. The molecule has 1 aliphatic heterocycles. The number of likely N-dealkylation sites (tertiary alicyclic amines) is 1. The van der Waals surface area contributed by atoms with Crippen LogP contribution in [0.1, 0.15) is 56.3 Å². The lowest BCUT2D eigenvalue weighted by molar-refractivity contribution is 0.0619. The number of carbonyl (C=O) groups is 1. The maximum Gasteiger partial charge on any atom is 0.256 e. The van der Waals surface area contributed by atoms with E-state index in [-0.39, 0.29) is 5.91 Å². The Hall–Kier alpha value is -1.03. The molecule has 2 heterocycles. The predicted octanol–water partition coefficient (Wildman–Crippen LogP) is 4.23. The zero-order valence-electron chi connectivity index (χ0n) is 13.6. The molecule has 0 spiro atoms. The van der Waals surface area contributed by atoms with Crippen LogP contribution < -0.4 is 0 Å². The number of hydrogen-bond donors (Lipinski definition) is 0. The van der Waals surface area contributed by atoms with Gasteiger partial charge in [0.15, 0.2) is 0 Å². The number of thioether (sulfide) groups is 1. The molecule has 3 nitrogen and oxygen atoms in total. The highest BCUT2D eigenvalue weighted by Gasteiger charge is 2.28. The third-order valence-corrected chi connectivity index (χ3v) is 6.09. The molecule has 120 valence electrons. The minimum Gasteiger partial charge on any atom is -0.338 e. The summed E-state index contributed by atoms with van der Waals surface area (Å²) in [5.74, 6) is 1.36. The smallest absolute Gasteiger partial charge is 0.256 e. The Morgan fingerprint density at radius 3 is 2.59 bits per heavy atom. The lowest BCUT2D eigenvalue weighted by atomic mass is 9.91. The Labute approximate surface area is 137 Å². The van der Waals surface area contributed by atoms with Crippen LogP contribution in [0.15, 0.2) is 23.4 Å². The van der Waals surface area contributed by atoms with Crippen molar-refractivity contribution < 1.29 is 4.79 Å². The van der Waals surface area contributed by atoms with Crippen molar-refractivity contribution in [2.45, 2.75) is 56.2 Å². The van der Waals surface area contributed by atoms with Crippen molar-refractivity contribution in [3.05, 3.63) is 23.9 Å². The van der Waals surface area contributed by atoms with Gasteiger partial charge in [-0.1, -0.05) is 26.7 Å². The molecule has 22 heavy (non-hydrogen) atoms.